The van der Waals surface area contributed by atoms with Crippen LogP contribution in [0, 0.1) is 6.92 Å². The Morgan fingerprint density at radius 3 is 2.38 bits per heavy atom. The summed E-state index contributed by atoms with van der Waals surface area (Å²) in [5, 5.41) is 0. The zero-order valence-corrected chi connectivity index (χ0v) is 8.39. The van der Waals surface area contributed by atoms with E-state index in [9.17, 15) is 13.2 Å². The van der Waals surface area contributed by atoms with E-state index in [1.807, 2.05) is 0 Å². The van der Waals surface area contributed by atoms with Crippen LogP contribution in [0.15, 0.2) is 23.1 Å². The molecular weight excluding hydrogens is 212 g/mol. The second-order valence-corrected chi connectivity index (χ2v) is 5.20. The third-order valence-electron chi connectivity index (χ3n) is 1.49. The van der Waals surface area contributed by atoms with E-state index in [0.717, 1.165) is 0 Å². The van der Waals surface area contributed by atoms with E-state index in [4.69, 9.17) is 10.7 Å². The lowest BCUT2D eigenvalue weighted by atomic mass is 10.2. The summed E-state index contributed by atoms with van der Waals surface area (Å²) in [4.78, 5) is 10.4. The minimum Gasteiger partial charge on any atom is -0.298 e. The molecule has 0 spiro atoms. The molecule has 0 saturated carbocycles. The molecule has 0 N–H and O–H groups in total. The normalized spacial score (nSPS) is 11.2. The van der Waals surface area contributed by atoms with Gasteiger partial charge in [0.05, 0.1) is 4.90 Å². The lowest BCUT2D eigenvalue weighted by Gasteiger charge is -1.99. The second-order valence-electron chi connectivity index (χ2n) is 2.64. The predicted molar refractivity (Wildman–Crippen MR) is 49.6 cm³/mol. The predicted octanol–water partition coefficient (Wildman–Crippen LogP) is 1.74. The fraction of sp³-hybridized carbons (Fsp3) is 0.125. The van der Waals surface area contributed by atoms with Gasteiger partial charge in [0.25, 0.3) is 9.05 Å². The molecule has 1 aromatic carbocycles. The summed E-state index contributed by atoms with van der Waals surface area (Å²) in [5.41, 5.74) is 0.989. The molecule has 0 bridgehead atoms. The SMILES string of the molecule is Cc1cc(C=O)cc(S(=O)(=O)Cl)c1. The van der Waals surface area contributed by atoms with E-state index in [1.54, 1.807) is 13.0 Å². The number of aryl methyl sites for hydroxylation is 1. The molecule has 0 amide bonds. The number of hydrogen-bond donors (Lipinski definition) is 0. The quantitative estimate of drug-likeness (QED) is 0.561. The number of benzene rings is 1. The van der Waals surface area contributed by atoms with Gasteiger partial charge < -0.3 is 0 Å². The Bertz CT molecular complexity index is 437. The molecule has 13 heavy (non-hydrogen) atoms. The first-order chi connectivity index (χ1) is 5.93. The first kappa shape index (κ1) is 10.2. The molecule has 0 heterocycles. The minimum absolute atomic E-state index is 0.0451. The third-order valence-corrected chi connectivity index (χ3v) is 2.82. The molecule has 0 unspecified atom stereocenters. The Kier molecular flexibility index (Phi) is 2.73. The van der Waals surface area contributed by atoms with Crippen molar-refractivity contribution in [3.8, 4) is 0 Å². The standard InChI is InChI=1S/C8H7ClO3S/c1-6-2-7(5-10)4-8(3-6)13(9,11)12/h2-5H,1H3. The van der Waals surface area contributed by atoms with E-state index in [0.29, 0.717) is 17.4 Å². The van der Waals surface area contributed by atoms with Crippen molar-refractivity contribution in [1.82, 2.24) is 0 Å². The first-order valence-corrected chi connectivity index (χ1v) is 5.76. The molecule has 3 nitrogen and oxygen atoms in total. The molecule has 0 saturated heterocycles. The summed E-state index contributed by atoms with van der Waals surface area (Å²) in [6.07, 6.45) is 0.582. The van der Waals surface area contributed by atoms with Crippen molar-refractivity contribution >= 4 is 26.0 Å². The maximum atomic E-state index is 10.9. The summed E-state index contributed by atoms with van der Waals surface area (Å²) in [7, 11) is 1.37. The van der Waals surface area contributed by atoms with Crippen molar-refractivity contribution < 1.29 is 13.2 Å². The molecule has 5 heteroatoms. The Labute approximate surface area is 80.8 Å². The molecule has 70 valence electrons. The van der Waals surface area contributed by atoms with Crippen LogP contribution in [0.25, 0.3) is 0 Å². The van der Waals surface area contributed by atoms with Gasteiger partial charge >= 0.3 is 0 Å². The molecule has 0 fully saturated rings. The van der Waals surface area contributed by atoms with Crippen LogP contribution in [0.5, 0.6) is 0 Å². The Morgan fingerprint density at radius 1 is 1.31 bits per heavy atom. The maximum Gasteiger partial charge on any atom is 0.261 e. The fourth-order valence-electron chi connectivity index (χ4n) is 0.985. The van der Waals surface area contributed by atoms with Gasteiger partial charge in [0, 0.05) is 16.2 Å². The van der Waals surface area contributed by atoms with Gasteiger partial charge in [-0.05, 0) is 30.7 Å². The minimum atomic E-state index is -3.74. The van der Waals surface area contributed by atoms with E-state index >= 15 is 0 Å². The van der Waals surface area contributed by atoms with Gasteiger partial charge in [-0.3, -0.25) is 4.79 Å². The summed E-state index contributed by atoms with van der Waals surface area (Å²) < 4.78 is 21.8. The monoisotopic (exact) mass is 218 g/mol. The van der Waals surface area contributed by atoms with Crippen LogP contribution in [-0.2, 0) is 9.05 Å². The number of hydrogen-bond acceptors (Lipinski definition) is 3. The largest absolute Gasteiger partial charge is 0.298 e. The van der Waals surface area contributed by atoms with Crippen LogP contribution in [-0.4, -0.2) is 14.7 Å². The van der Waals surface area contributed by atoms with Crippen LogP contribution in [0.3, 0.4) is 0 Å². The van der Waals surface area contributed by atoms with Gasteiger partial charge in [-0.2, -0.15) is 0 Å². The average molecular weight is 219 g/mol. The Balaban J connectivity index is 3.41. The zero-order valence-electron chi connectivity index (χ0n) is 6.82. The van der Waals surface area contributed by atoms with Crippen molar-refractivity contribution in [3.05, 3.63) is 29.3 Å². The van der Waals surface area contributed by atoms with Crippen LogP contribution in [0.4, 0.5) is 0 Å². The van der Waals surface area contributed by atoms with Gasteiger partial charge in [0.1, 0.15) is 6.29 Å². The number of halogens is 1. The summed E-state index contributed by atoms with van der Waals surface area (Å²) in [6, 6.07) is 4.23. The van der Waals surface area contributed by atoms with Crippen LogP contribution in [0.2, 0.25) is 0 Å². The molecule has 0 radical (unpaired) electrons. The van der Waals surface area contributed by atoms with Gasteiger partial charge in [-0.15, -0.1) is 0 Å². The van der Waals surface area contributed by atoms with Crippen molar-refractivity contribution in [2.75, 3.05) is 0 Å². The zero-order chi connectivity index (χ0) is 10.1. The lowest BCUT2D eigenvalue weighted by molar-refractivity contribution is 0.112. The van der Waals surface area contributed by atoms with E-state index in [-0.39, 0.29) is 4.90 Å². The number of carbonyl (C=O) groups is 1. The molecule has 0 aliphatic heterocycles. The highest BCUT2D eigenvalue weighted by atomic mass is 35.7. The third kappa shape index (κ3) is 2.54. The first-order valence-electron chi connectivity index (χ1n) is 3.45. The van der Waals surface area contributed by atoms with Crippen molar-refractivity contribution in [2.24, 2.45) is 0 Å². The van der Waals surface area contributed by atoms with Gasteiger partial charge in [0.2, 0.25) is 0 Å². The summed E-state index contributed by atoms with van der Waals surface area (Å²) in [5.74, 6) is 0. The summed E-state index contributed by atoms with van der Waals surface area (Å²) >= 11 is 0. The summed E-state index contributed by atoms with van der Waals surface area (Å²) in [6.45, 7) is 1.69. The highest BCUT2D eigenvalue weighted by molar-refractivity contribution is 8.13. The van der Waals surface area contributed by atoms with Crippen molar-refractivity contribution in [2.45, 2.75) is 11.8 Å². The van der Waals surface area contributed by atoms with Crippen molar-refractivity contribution in [1.29, 1.82) is 0 Å². The van der Waals surface area contributed by atoms with Crippen LogP contribution >= 0.6 is 10.7 Å². The lowest BCUT2D eigenvalue weighted by Crippen LogP contribution is -1.93. The average Bonchev–Trinajstić information content (AvgIpc) is 2.01. The number of aldehydes is 1. The molecule has 0 atom stereocenters. The molecule has 1 rings (SSSR count). The van der Waals surface area contributed by atoms with E-state index < -0.39 is 9.05 Å². The highest BCUT2D eigenvalue weighted by Gasteiger charge is 2.10. The van der Waals surface area contributed by atoms with Gasteiger partial charge in [-0.25, -0.2) is 8.42 Å². The van der Waals surface area contributed by atoms with Crippen molar-refractivity contribution in [3.63, 3.8) is 0 Å². The van der Waals surface area contributed by atoms with E-state index in [1.165, 1.54) is 12.1 Å². The molecule has 0 aromatic heterocycles. The van der Waals surface area contributed by atoms with Gasteiger partial charge in [0.15, 0.2) is 0 Å². The number of rotatable bonds is 2. The second kappa shape index (κ2) is 3.47. The maximum absolute atomic E-state index is 10.9. The topological polar surface area (TPSA) is 51.2 Å². The highest BCUT2D eigenvalue weighted by Crippen LogP contribution is 2.17. The molecular formula is C8H7ClO3S. The molecule has 1 aromatic rings. The van der Waals surface area contributed by atoms with E-state index in [2.05, 4.69) is 0 Å². The molecule has 0 aliphatic rings. The van der Waals surface area contributed by atoms with Crippen LogP contribution < -0.4 is 0 Å². The van der Waals surface area contributed by atoms with Gasteiger partial charge in [-0.1, -0.05) is 0 Å². The Morgan fingerprint density at radius 2 is 1.92 bits per heavy atom. The van der Waals surface area contributed by atoms with Crippen LogP contribution in [0.1, 0.15) is 15.9 Å². The molecule has 0 aliphatic carbocycles. The fourth-order valence-corrected chi connectivity index (χ4v) is 1.86. The Hall–Kier alpha value is -0.870. The number of carbonyl (C=O) groups excluding carboxylic acids is 1. The smallest absolute Gasteiger partial charge is 0.261 e.